The molecule has 0 atom stereocenters. The highest BCUT2D eigenvalue weighted by atomic mass is 35.5. The van der Waals surface area contributed by atoms with E-state index >= 15 is 0 Å². The van der Waals surface area contributed by atoms with Crippen molar-refractivity contribution in [3.8, 4) is 22.4 Å². The minimum Gasteiger partial charge on any atom is -0.322 e. The number of aromatic amines is 1. The number of amides is 1. The highest BCUT2D eigenvalue weighted by Gasteiger charge is 2.18. The number of sulfone groups is 1. The summed E-state index contributed by atoms with van der Waals surface area (Å²) in [6.07, 6.45) is 2.77. The van der Waals surface area contributed by atoms with E-state index in [4.69, 9.17) is 11.6 Å². The zero-order valence-electron chi connectivity index (χ0n) is 17.4. The third-order valence-electron chi connectivity index (χ3n) is 5.01. The minimum atomic E-state index is -3.44. The highest BCUT2D eigenvalue weighted by Crippen LogP contribution is 2.31. The first-order valence-electron chi connectivity index (χ1n) is 9.74. The van der Waals surface area contributed by atoms with Gasteiger partial charge in [0.2, 0.25) is 0 Å². The molecule has 0 saturated heterocycles. The molecule has 2 N–H and O–H groups in total. The second kappa shape index (κ2) is 8.61. The second-order valence-electron chi connectivity index (χ2n) is 7.47. The Kier molecular flexibility index (Phi) is 5.86. The molecule has 162 valence electrons. The van der Waals surface area contributed by atoms with Gasteiger partial charge in [-0.3, -0.25) is 9.89 Å². The number of halogens is 1. The average Bonchev–Trinajstić information content (AvgIpc) is 3.28. The van der Waals surface area contributed by atoms with E-state index in [1.54, 1.807) is 30.5 Å². The fourth-order valence-corrected chi connectivity index (χ4v) is 4.28. The molecule has 0 aliphatic carbocycles. The molecule has 0 radical (unpaired) electrons. The van der Waals surface area contributed by atoms with Crippen molar-refractivity contribution in [3.63, 3.8) is 0 Å². The molecule has 0 aliphatic rings. The van der Waals surface area contributed by atoms with E-state index in [1.165, 1.54) is 18.2 Å². The number of anilines is 1. The van der Waals surface area contributed by atoms with Crippen molar-refractivity contribution in [1.82, 2.24) is 10.2 Å². The van der Waals surface area contributed by atoms with Crippen LogP contribution in [0.3, 0.4) is 0 Å². The van der Waals surface area contributed by atoms with Gasteiger partial charge in [-0.2, -0.15) is 5.10 Å². The standard InChI is InChI=1S/C24H20ClN3O3S/c1-15-4-3-5-16(12-15)20-14-18(32(2,30)31)7-8-19(20)24(29)27-17-6-9-22(25)21(13-17)23-10-11-26-28-23/h3-14H,1-2H3,(H,26,28)(H,27,29). The summed E-state index contributed by atoms with van der Waals surface area (Å²) < 4.78 is 24.2. The molecule has 8 heteroatoms. The molecule has 4 aromatic rings. The predicted molar refractivity (Wildman–Crippen MR) is 127 cm³/mol. The number of aromatic nitrogens is 2. The normalized spacial score (nSPS) is 11.3. The van der Waals surface area contributed by atoms with Crippen molar-refractivity contribution in [2.45, 2.75) is 11.8 Å². The largest absolute Gasteiger partial charge is 0.322 e. The first-order chi connectivity index (χ1) is 15.2. The van der Waals surface area contributed by atoms with Crippen molar-refractivity contribution in [3.05, 3.63) is 89.1 Å². The van der Waals surface area contributed by atoms with Crippen LogP contribution >= 0.6 is 11.6 Å². The van der Waals surface area contributed by atoms with Crippen LogP contribution in [0.2, 0.25) is 5.02 Å². The molecule has 0 aliphatic heterocycles. The van der Waals surface area contributed by atoms with Gasteiger partial charge in [0, 0.05) is 29.3 Å². The lowest BCUT2D eigenvalue weighted by Crippen LogP contribution is -2.14. The smallest absolute Gasteiger partial charge is 0.256 e. The molecule has 0 unspecified atom stereocenters. The number of aryl methyl sites for hydroxylation is 1. The van der Waals surface area contributed by atoms with Gasteiger partial charge < -0.3 is 5.32 Å². The van der Waals surface area contributed by atoms with Crippen molar-refractivity contribution < 1.29 is 13.2 Å². The average molecular weight is 466 g/mol. The first kappa shape index (κ1) is 21.8. The van der Waals surface area contributed by atoms with E-state index in [2.05, 4.69) is 15.5 Å². The molecular formula is C24H20ClN3O3S. The predicted octanol–water partition coefficient (Wildman–Crippen LogP) is 5.36. The van der Waals surface area contributed by atoms with Crippen molar-refractivity contribution >= 4 is 33.0 Å². The number of nitrogens with zero attached hydrogens (tertiary/aromatic N) is 1. The lowest BCUT2D eigenvalue weighted by Gasteiger charge is -2.13. The molecule has 4 rings (SSSR count). The molecule has 0 spiro atoms. The maximum Gasteiger partial charge on any atom is 0.256 e. The number of rotatable bonds is 5. The Labute approximate surface area is 191 Å². The summed E-state index contributed by atoms with van der Waals surface area (Å²) in [6.45, 7) is 1.94. The zero-order valence-corrected chi connectivity index (χ0v) is 19.0. The number of carbonyl (C=O) groups excluding carboxylic acids is 1. The van der Waals surface area contributed by atoms with Gasteiger partial charge in [0.05, 0.1) is 15.6 Å². The third-order valence-corrected chi connectivity index (χ3v) is 6.45. The monoisotopic (exact) mass is 465 g/mol. The van der Waals surface area contributed by atoms with Gasteiger partial charge in [-0.15, -0.1) is 0 Å². The van der Waals surface area contributed by atoms with E-state index < -0.39 is 9.84 Å². The Hall–Kier alpha value is -3.42. The minimum absolute atomic E-state index is 0.151. The van der Waals surface area contributed by atoms with Crippen LogP contribution in [0, 0.1) is 6.92 Å². The number of hydrogen-bond acceptors (Lipinski definition) is 4. The summed E-state index contributed by atoms with van der Waals surface area (Å²) in [6, 6.07) is 19.0. The van der Waals surface area contributed by atoms with Gasteiger partial charge >= 0.3 is 0 Å². The Bertz CT molecular complexity index is 1410. The van der Waals surface area contributed by atoms with Gasteiger partial charge in [0.25, 0.3) is 5.91 Å². The summed E-state index contributed by atoms with van der Waals surface area (Å²) in [5, 5.41) is 10.2. The maximum atomic E-state index is 13.2. The van der Waals surface area contributed by atoms with Crippen molar-refractivity contribution in [1.29, 1.82) is 0 Å². The quantitative estimate of drug-likeness (QED) is 0.415. The van der Waals surface area contributed by atoms with Crippen LogP contribution < -0.4 is 5.32 Å². The highest BCUT2D eigenvalue weighted by molar-refractivity contribution is 7.90. The summed E-state index contributed by atoms with van der Waals surface area (Å²) in [5.41, 5.74) is 4.64. The summed E-state index contributed by atoms with van der Waals surface area (Å²) in [5.74, 6) is -0.362. The molecule has 6 nitrogen and oxygen atoms in total. The fourth-order valence-electron chi connectivity index (χ4n) is 3.42. The molecular weight excluding hydrogens is 446 g/mol. The molecule has 1 heterocycles. The number of benzene rings is 3. The van der Waals surface area contributed by atoms with Gasteiger partial charge in [-0.25, -0.2) is 8.42 Å². The molecule has 1 amide bonds. The van der Waals surface area contributed by atoms with Gasteiger partial charge in [0.15, 0.2) is 9.84 Å². The number of carbonyl (C=O) groups is 1. The molecule has 0 bridgehead atoms. The molecule has 0 saturated carbocycles. The van der Waals surface area contributed by atoms with E-state index in [1.807, 2.05) is 31.2 Å². The van der Waals surface area contributed by atoms with E-state index in [0.29, 0.717) is 27.4 Å². The van der Waals surface area contributed by atoms with E-state index in [9.17, 15) is 13.2 Å². The Morgan fingerprint density at radius 2 is 1.81 bits per heavy atom. The number of nitrogens with one attached hydrogen (secondary N) is 2. The summed E-state index contributed by atoms with van der Waals surface area (Å²) >= 11 is 6.30. The van der Waals surface area contributed by atoms with Crippen molar-refractivity contribution in [2.24, 2.45) is 0 Å². The number of hydrogen-bond donors (Lipinski definition) is 2. The molecule has 0 fully saturated rings. The van der Waals surface area contributed by atoms with Gasteiger partial charge in [-0.1, -0.05) is 41.4 Å². The van der Waals surface area contributed by atoms with Gasteiger partial charge in [-0.05, 0) is 60.5 Å². The Balaban J connectivity index is 1.75. The SMILES string of the molecule is Cc1cccc(-c2cc(S(C)(=O)=O)ccc2C(=O)Nc2ccc(Cl)c(-c3ccn[nH]3)c2)c1. The van der Waals surface area contributed by atoms with E-state index in [0.717, 1.165) is 23.1 Å². The lowest BCUT2D eigenvalue weighted by atomic mass is 9.97. The molecule has 1 aromatic heterocycles. The zero-order chi connectivity index (χ0) is 22.9. The van der Waals surface area contributed by atoms with Crippen LogP contribution in [-0.4, -0.2) is 30.8 Å². The third kappa shape index (κ3) is 4.59. The summed E-state index contributed by atoms with van der Waals surface area (Å²) in [7, 11) is -3.44. The van der Waals surface area contributed by atoms with Gasteiger partial charge in [0.1, 0.15) is 0 Å². The fraction of sp³-hybridized carbons (Fsp3) is 0.0833. The van der Waals surface area contributed by atoms with Crippen molar-refractivity contribution in [2.75, 3.05) is 11.6 Å². The second-order valence-corrected chi connectivity index (χ2v) is 9.89. The molecule has 3 aromatic carbocycles. The summed E-state index contributed by atoms with van der Waals surface area (Å²) in [4.78, 5) is 13.4. The number of H-pyrrole nitrogens is 1. The lowest BCUT2D eigenvalue weighted by molar-refractivity contribution is 0.102. The topological polar surface area (TPSA) is 91.9 Å². The van der Waals surface area contributed by atoms with Crippen LogP contribution in [0.5, 0.6) is 0 Å². The molecule has 32 heavy (non-hydrogen) atoms. The Morgan fingerprint density at radius 1 is 1.00 bits per heavy atom. The van der Waals surface area contributed by atoms with Crippen LogP contribution in [0.25, 0.3) is 22.4 Å². The maximum absolute atomic E-state index is 13.2. The van der Waals surface area contributed by atoms with Crippen LogP contribution in [0.1, 0.15) is 15.9 Å². The van der Waals surface area contributed by atoms with Crippen LogP contribution in [-0.2, 0) is 9.84 Å². The van der Waals surface area contributed by atoms with E-state index in [-0.39, 0.29) is 10.8 Å². The van der Waals surface area contributed by atoms with Crippen LogP contribution in [0.15, 0.2) is 77.8 Å². The first-order valence-corrected chi connectivity index (χ1v) is 12.0. The van der Waals surface area contributed by atoms with Crippen LogP contribution in [0.4, 0.5) is 5.69 Å². The Morgan fingerprint density at radius 3 is 2.50 bits per heavy atom.